The highest BCUT2D eigenvalue weighted by atomic mass is 35.5. The van der Waals surface area contributed by atoms with Crippen LogP contribution in [0.4, 0.5) is 13.2 Å². The minimum atomic E-state index is -4.25. The molecule has 1 rings (SSSR count). The molecule has 22 heavy (non-hydrogen) atoms. The van der Waals surface area contributed by atoms with Crippen LogP contribution in [0.3, 0.4) is 0 Å². The smallest absolute Gasteiger partial charge is 0.314 e. The predicted molar refractivity (Wildman–Crippen MR) is 90.5 cm³/mol. The van der Waals surface area contributed by atoms with E-state index in [-0.39, 0.29) is 18.4 Å². The summed E-state index contributed by atoms with van der Waals surface area (Å²) in [6.45, 7) is 13.7. The Labute approximate surface area is 137 Å². The van der Waals surface area contributed by atoms with Crippen LogP contribution in [0.5, 0.6) is 0 Å². The molecule has 0 aliphatic heterocycles. The molecule has 126 valence electrons. The van der Waals surface area contributed by atoms with Crippen molar-refractivity contribution in [3.8, 4) is 0 Å². The van der Waals surface area contributed by atoms with E-state index in [1.54, 1.807) is 12.1 Å². The van der Waals surface area contributed by atoms with E-state index >= 15 is 0 Å². The average molecular weight is 336 g/mol. The van der Waals surface area contributed by atoms with Gasteiger partial charge in [0.05, 0.1) is 5.56 Å². The van der Waals surface area contributed by atoms with Crippen molar-refractivity contribution < 1.29 is 13.2 Å². The van der Waals surface area contributed by atoms with Crippen LogP contribution >= 0.6 is 12.4 Å². The SMILES string of the molecule is C=CC(=C)C.CCNC(C)Cc1cccc(C(F)(F)F)c1.Cl. The number of benzene rings is 1. The molecule has 0 aromatic heterocycles. The van der Waals surface area contributed by atoms with E-state index in [4.69, 9.17) is 0 Å². The maximum atomic E-state index is 12.4. The van der Waals surface area contributed by atoms with Crippen LogP contribution in [0.15, 0.2) is 49.1 Å². The summed E-state index contributed by atoms with van der Waals surface area (Å²) in [5.41, 5.74) is 1.15. The Morgan fingerprint density at radius 1 is 1.36 bits per heavy atom. The second kappa shape index (κ2) is 11.3. The fourth-order valence-corrected chi connectivity index (χ4v) is 1.65. The molecule has 0 aliphatic carbocycles. The van der Waals surface area contributed by atoms with E-state index in [9.17, 15) is 13.2 Å². The van der Waals surface area contributed by atoms with Crippen molar-refractivity contribution in [3.05, 3.63) is 60.2 Å². The molecule has 0 fully saturated rings. The third kappa shape index (κ3) is 10.5. The number of alkyl halides is 3. The maximum Gasteiger partial charge on any atom is 0.416 e. The summed E-state index contributed by atoms with van der Waals surface area (Å²) >= 11 is 0. The molecule has 0 spiro atoms. The van der Waals surface area contributed by atoms with Crippen LogP contribution in [0.2, 0.25) is 0 Å². The number of allylic oxidation sites excluding steroid dienone is 2. The molecule has 0 saturated heterocycles. The lowest BCUT2D eigenvalue weighted by Crippen LogP contribution is -2.27. The third-order valence-electron chi connectivity index (χ3n) is 2.70. The highest BCUT2D eigenvalue weighted by Crippen LogP contribution is 2.29. The molecule has 1 unspecified atom stereocenters. The van der Waals surface area contributed by atoms with Crippen LogP contribution < -0.4 is 5.32 Å². The van der Waals surface area contributed by atoms with E-state index < -0.39 is 11.7 Å². The van der Waals surface area contributed by atoms with Crippen LogP contribution in [0.25, 0.3) is 0 Å². The van der Waals surface area contributed by atoms with Crippen molar-refractivity contribution in [2.24, 2.45) is 0 Å². The van der Waals surface area contributed by atoms with Crippen LogP contribution in [-0.4, -0.2) is 12.6 Å². The fraction of sp³-hybridized carbons (Fsp3) is 0.412. The second-order valence-corrected chi connectivity index (χ2v) is 4.91. The summed E-state index contributed by atoms with van der Waals surface area (Å²) in [6.07, 6.45) is -1.92. The van der Waals surface area contributed by atoms with Gasteiger partial charge in [-0.3, -0.25) is 0 Å². The summed E-state index contributed by atoms with van der Waals surface area (Å²) in [4.78, 5) is 0. The average Bonchev–Trinajstić information content (AvgIpc) is 2.39. The molecule has 1 nitrogen and oxygen atoms in total. The van der Waals surface area contributed by atoms with Gasteiger partial charge in [0.15, 0.2) is 0 Å². The molecule has 0 bridgehead atoms. The zero-order valence-electron chi connectivity index (χ0n) is 13.3. The van der Waals surface area contributed by atoms with Gasteiger partial charge in [0.1, 0.15) is 0 Å². The first-order valence-corrected chi connectivity index (χ1v) is 6.88. The highest BCUT2D eigenvalue weighted by Gasteiger charge is 2.30. The molecule has 0 heterocycles. The van der Waals surface area contributed by atoms with Gasteiger partial charge in [0, 0.05) is 6.04 Å². The number of likely N-dealkylation sites (N-methyl/N-ethyl adjacent to an activating group) is 1. The van der Waals surface area contributed by atoms with E-state index in [1.165, 1.54) is 12.1 Å². The molecular formula is C17H25ClF3N. The quantitative estimate of drug-likeness (QED) is 0.709. The number of hydrogen-bond donors (Lipinski definition) is 1. The Bertz CT molecular complexity index is 455. The molecule has 0 saturated carbocycles. The number of halogens is 4. The molecule has 1 atom stereocenters. The molecule has 1 aromatic rings. The van der Waals surface area contributed by atoms with Gasteiger partial charge in [0.2, 0.25) is 0 Å². The standard InChI is InChI=1S/C12H16F3N.C5H8.ClH/c1-3-16-9(2)7-10-5-4-6-11(8-10)12(13,14)15;1-4-5(2)3;/h4-6,8-9,16H,3,7H2,1-2H3;4H,1-2H2,3H3;1H. The van der Waals surface area contributed by atoms with Crippen molar-refractivity contribution in [2.45, 2.75) is 39.4 Å². The molecule has 1 N–H and O–H groups in total. The largest absolute Gasteiger partial charge is 0.416 e. The summed E-state index contributed by atoms with van der Waals surface area (Å²) in [6, 6.07) is 5.68. The Morgan fingerprint density at radius 3 is 2.32 bits per heavy atom. The Balaban J connectivity index is 0. The fourth-order valence-electron chi connectivity index (χ4n) is 1.65. The summed E-state index contributed by atoms with van der Waals surface area (Å²) < 4.78 is 37.3. The van der Waals surface area contributed by atoms with E-state index in [1.807, 2.05) is 20.8 Å². The number of hydrogen-bond acceptors (Lipinski definition) is 1. The summed E-state index contributed by atoms with van der Waals surface area (Å²) in [5, 5.41) is 3.17. The first-order valence-electron chi connectivity index (χ1n) is 6.88. The zero-order chi connectivity index (χ0) is 16.5. The monoisotopic (exact) mass is 335 g/mol. The van der Waals surface area contributed by atoms with Gasteiger partial charge in [-0.05, 0) is 38.4 Å². The normalized spacial score (nSPS) is 11.5. The lowest BCUT2D eigenvalue weighted by atomic mass is 10.0. The van der Waals surface area contributed by atoms with Gasteiger partial charge in [-0.25, -0.2) is 0 Å². The Hall–Kier alpha value is -1.26. The second-order valence-electron chi connectivity index (χ2n) is 4.91. The zero-order valence-corrected chi connectivity index (χ0v) is 14.2. The number of nitrogens with one attached hydrogen (secondary N) is 1. The molecule has 1 aromatic carbocycles. The van der Waals surface area contributed by atoms with Gasteiger partial charge in [-0.15, -0.1) is 12.4 Å². The molecule has 0 radical (unpaired) electrons. The molecular weight excluding hydrogens is 311 g/mol. The van der Waals surface area contributed by atoms with E-state index in [0.717, 1.165) is 18.2 Å². The van der Waals surface area contributed by atoms with Crippen molar-refractivity contribution in [3.63, 3.8) is 0 Å². The Kier molecular flexibility index (Phi) is 11.8. The topological polar surface area (TPSA) is 12.0 Å². The van der Waals surface area contributed by atoms with E-state index in [2.05, 4.69) is 18.5 Å². The van der Waals surface area contributed by atoms with Gasteiger partial charge in [-0.2, -0.15) is 13.2 Å². The minimum Gasteiger partial charge on any atom is -0.314 e. The van der Waals surface area contributed by atoms with Crippen LogP contribution in [0, 0.1) is 0 Å². The van der Waals surface area contributed by atoms with Crippen molar-refractivity contribution in [1.29, 1.82) is 0 Å². The van der Waals surface area contributed by atoms with Gasteiger partial charge < -0.3 is 5.32 Å². The summed E-state index contributed by atoms with van der Waals surface area (Å²) in [7, 11) is 0. The van der Waals surface area contributed by atoms with Gasteiger partial charge in [0.25, 0.3) is 0 Å². The van der Waals surface area contributed by atoms with E-state index in [0.29, 0.717) is 12.0 Å². The Morgan fingerprint density at radius 2 is 1.91 bits per heavy atom. The highest BCUT2D eigenvalue weighted by molar-refractivity contribution is 5.85. The third-order valence-corrected chi connectivity index (χ3v) is 2.70. The summed E-state index contributed by atoms with van der Waals surface area (Å²) in [5.74, 6) is 0. The first kappa shape index (κ1) is 23.0. The van der Waals surface area contributed by atoms with Gasteiger partial charge >= 0.3 is 6.18 Å². The van der Waals surface area contributed by atoms with Crippen LogP contribution in [-0.2, 0) is 12.6 Å². The van der Waals surface area contributed by atoms with Crippen LogP contribution in [0.1, 0.15) is 31.9 Å². The minimum absolute atomic E-state index is 0. The lowest BCUT2D eigenvalue weighted by Gasteiger charge is -2.13. The molecule has 0 amide bonds. The molecule has 0 aliphatic rings. The van der Waals surface area contributed by atoms with Gasteiger partial charge in [-0.1, -0.05) is 49.9 Å². The maximum absolute atomic E-state index is 12.4. The first-order chi connectivity index (χ1) is 9.70. The number of rotatable bonds is 5. The van der Waals surface area contributed by atoms with Crippen molar-refractivity contribution in [1.82, 2.24) is 5.32 Å². The molecule has 5 heteroatoms. The van der Waals surface area contributed by atoms with Crippen molar-refractivity contribution >= 4 is 12.4 Å². The van der Waals surface area contributed by atoms with Crippen molar-refractivity contribution in [2.75, 3.05) is 6.54 Å². The lowest BCUT2D eigenvalue weighted by molar-refractivity contribution is -0.137. The predicted octanol–water partition coefficient (Wildman–Crippen LogP) is 5.42.